The normalized spacial score (nSPS) is 19.9. The number of benzene rings is 1. The Bertz CT molecular complexity index is 941. The molecule has 3 atom stereocenters. The summed E-state index contributed by atoms with van der Waals surface area (Å²) in [7, 11) is 0. The van der Waals surface area contributed by atoms with Gasteiger partial charge in [0.25, 0.3) is 0 Å². The summed E-state index contributed by atoms with van der Waals surface area (Å²) in [5.74, 6) is -1.40. The maximum atomic E-state index is 13.4. The first-order valence-electron chi connectivity index (χ1n) is 14.1. The van der Waals surface area contributed by atoms with Crippen LogP contribution in [-0.4, -0.2) is 59.1 Å². The number of aliphatic hydroxyl groups is 1. The van der Waals surface area contributed by atoms with Crippen LogP contribution >= 0.6 is 0 Å². The molecule has 2 N–H and O–H groups in total. The van der Waals surface area contributed by atoms with E-state index in [1.807, 2.05) is 36.4 Å². The van der Waals surface area contributed by atoms with E-state index in [0.29, 0.717) is 25.8 Å². The van der Waals surface area contributed by atoms with E-state index >= 15 is 0 Å². The SMILES string of the molecule is C=CCC[C@H](Cc1ccccc1)C(=O)OCC1(NC(=O)[C@@H](CC=C)CC(=O)N2CCC[C@H]2CO)CCCC1. The van der Waals surface area contributed by atoms with E-state index < -0.39 is 11.5 Å². The molecule has 1 aromatic carbocycles. The van der Waals surface area contributed by atoms with Crippen molar-refractivity contribution in [2.24, 2.45) is 11.8 Å². The number of nitrogens with zero attached hydrogens (tertiary/aromatic N) is 1. The van der Waals surface area contributed by atoms with E-state index in [1.54, 1.807) is 11.0 Å². The average Bonchev–Trinajstić information content (AvgIpc) is 3.60. The van der Waals surface area contributed by atoms with Crippen molar-refractivity contribution in [1.29, 1.82) is 0 Å². The number of likely N-dealkylation sites (tertiary alicyclic amines) is 1. The molecule has 0 spiro atoms. The molecule has 1 aliphatic carbocycles. The average molecular weight is 525 g/mol. The standard InChI is InChI=1S/C31H44N2O5/c1-3-5-15-26(20-24-13-7-6-8-14-24)30(37)38-23-31(17-9-10-18-31)32-29(36)25(12-4-2)21-28(35)33-19-11-16-27(33)22-34/h3-4,6-8,13-14,25-27,34H,1-2,5,9-12,15-23H2,(H,32,36)/t25-,26+,27-/m0/s1. The fourth-order valence-corrected chi connectivity index (χ4v) is 5.73. The largest absolute Gasteiger partial charge is 0.463 e. The topological polar surface area (TPSA) is 95.9 Å². The molecule has 38 heavy (non-hydrogen) atoms. The molecule has 0 radical (unpaired) electrons. The number of allylic oxidation sites excluding steroid dienone is 2. The third-order valence-corrected chi connectivity index (χ3v) is 7.97. The molecule has 1 aliphatic heterocycles. The molecule has 1 aromatic rings. The van der Waals surface area contributed by atoms with Gasteiger partial charge in [-0.1, -0.05) is 55.3 Å². The fraction of sp³-hybridized carbons (Fsp3) is 0.581. The Hall–Kier alpha value is -2.93. The van der Waals surface area contributed by atoms with Gasteiger partial charge in [0.1, 0.15) is 6.61 Å². The number of hydrogen-bond donors (Lipinski definition) is 2. The minimum atomic E-state index is -0.619. The van der Waals surface area contributed by atoms with E-state index in [0.717, 1.165) is 50.5 Å². The lowest BCUT2D eigenvalue weighted by Gasteiger charge is -2.32. The lowest BCUT2D eigenvalue weighted by Crippen LogP contribution is -2.53. The monoisotopic (exact) mass is 524 g/mol. The van der Waals surface area contributed by atoms with Gasteiger partial charge >= 0.3 is 5.97 Å². The third-order valence-electron chi connectivity index (χ3n) is 7.97. The third kappa shape index (κ3) is 8.29. The Morgan fingerprint density at radius 2 is 1.84 bits per heavy atom. The molecule has 0 unspecified atom stereocenters. The molecule has 2 fully saturated rings. The van der Waals surface area contributed by atoms with Crippen LogP contribution in [0.15, 0.2) is 55.6 Å². The van der Waals surface area contributed by atoms with Gasteiger partial charge < -0.3 is 20.1 Å². The van der Waals surface area contributed by atoms with Crippen LogP contribution in [-0.2, 0) is 25.5 Å². The van der Waals surface area contributed by atoms with Crippen LogP contribution in [0, 0.1) is 11.8 Å². The zero-order valence-electron chi connectivity index (χ0n) is 22.6. The second-order valence-electron chi connectivity index (χ2n) is 10.8. The van der Waals surface area contributed by atoms with E-state index in [2.05, 4.69) is 18.5 Å². The van der Waals surface area contributed by atoms with Crippen LogP contribution < -0.4 is 5.32 Å². The van der Waals surface area contributed by atoms with Gasteiger partial charge in [-0.2, -0.15) is 0 Å². The van der Waals surface area contributed by atoms with Crippen molar-refractivity contribution in [3.05, 3.63) is 61.2 Å². The summed E-state index contributed by atoms with van der Waals surface area (Å²) < 4.78 is 5.88. The van der Waals surface area contributed by atoms with Gasteiger partial charge in [0, 0.05) is 13.0 Å². The van der Waals surface area contributed by atoms with Gasteiger partial charge in [-0.3, -0.25) is 14.4 Å². The van der Waals surface area contributed by atoms with E-state index in [9.17, 15) is 19.5 Å². The first-order valence-corrected chi connectivity index (χ1v) is 14.1. The molecule has 2 aliphatic rings. The fourth-order valence-electron chi connectivity index (χ4n) is 5.73. The number of aliphatic hydroxyl groups excluding tert-OH is 1. The number of esters is 1. The van der Waals surface area contributed by atoms with Gasteiger partial charge in [0.15, 0.2) is 0 Å². The maximum Gasteiger partial charge on any atom is 0.309 e. The summed E-state index contributed by atoms with van der Waals surface area (Å²) in [5, 5.41) is 12.8. The van der Waals surface area contributed by atoms with Crippen LogP contribution in [0.4, 0.5) is 0 Å². The van der Waals surface area contributed by atoms with Crippen LogP contribution in [0.2, 0.25) is 0 Å². The first kappa shape index (κ1) is 29.6. The van der Waals surface area contributed by atoms with Crippen molar-refractivity contribution in [1.82, 2.24) is 10.2 Å². The number of amides is 2. The Morgan fingerprint density at radius 1 is 1.11 bits per heavy atom. The summed E-state index contributed by atoms with van der Waals surface area (Å²) in [6.45, 7) is 8.26. The van der Waals surface area contributed by atoms with Gasteiger partial charge in [-0.25, -0.2) is 0 Å². The minimum absolute atomic E-state index is 0.0589. The van der Waals surface area contributed by atoms with Crippen molar-refractivity contribution in [2.45, 2.75) is 82.2 Å². The molecule has 0 aromatic heterocycles. The zero-order valence-corrected chi connectivity index (χ0v) is 22.6. The number of rotatable bonds is 15. The van der Waals surface area contributed by atoms with Crippen LogP contribution in [0.3, 0.4) is 0 Å². The minimum Gasteiger partial charge on any atom is -0.463 e. The Morgan fingerprint density at radius 3 is 2.50 bits per heavy atom. The molecule has 3 rings (SSSR count). The van der Waals surface area contributed by atoms with Crippen molar-refractivity contribution in [3.8, 4) is 0 Å². The summed E-state index contributed by atoms with van der Waals surface area (Å²) in [4.78, 5) is 41.3. The van der Waals surface area contributed by atoms with E-state index in [4.69, 9.17) is 4.74 Å². The Balaban J connectivity index is 1.63. The molecule has 208 valence electrons. The van der Waals surface area contributed by atoms with Gasteiger partial charge in [0.05, 0.1) is 30.0 Å². The first-order chi connectivity index (χ1) is 18.4. The molecule has 1 heterocycles. The van der Waals surface area contributed by atoms with E-state index in [-0.39, 0.29) is 49.4 Å². The van der Waals surface area contributed by atoms with Gasteiger partial charge in [-0.15, -0.1) is 13.2 Å². The second-order valence-corrected chi connectivity index (χ2v) is 10.8. The lowest BCUT2D eigenvalue weighted by atomic mass is 9.93. The van der Waals surface area contributed by atoms with Crippen molar-refractivity contribution in [3.63, 3.8) is 0 Å². The Kier molecular flexibility index (Phi) is 11.6. The molecule has 1 saturated heterocycles. The highest BCUT2D eigenvalue weighted by Gasteiger charge is 2.39. The van der Waals surface area contributed by atoms with Crippen molar-refractivity contribution < 1.29 is 24.2 Å². The predicted molar refractivity (Wildman–Crippen MR) is 148 cm³/mol. The molecule has 0 bridgehead atoms. The summed E-state index contributed by atoms with van der Waals surface area (Å²) in [6.07, 6.45) is 10.9. The van der Waals surface area contributed by atoms with Crippen LogP contribution in [0.5, 0.6) is 0 Å². The number of hydrogen-bond acceptors (Lipinski definition) is 5. The number of nitrogens with one attached hydrogen (secondary N) is 1. The summed E-state index contributed by atoms with van der Waals surface area (Å²) >= 11 is 0. The molecule has 1 saturated carbocycles. The molecule has 2 amide bonds. The highest BCUT2D eigenvalue weighted by Crippen LogP contribution is 2.32. The van der Waals surface area contributed by atoms with Crippen molar-refractivity contribution >= 4 is 17.8 Å². The zero-order chi connectivity index (χ0) is 27.4. The highest BCUT2D eigenvalue weighted by molar-refractivity contribution is 5.86. The van der Waals surface area contributed by atoms with Gasteiger partial charge in [-0.05, 0) is 56.9 Å². The van der Waals surface area contributed by atoms with E-state index in [1.165, 1.54) is 0 Å². The highest BCUT2D eigenvalue weighted by atomic mass is 16.5. The lowest BCUT2D eigenvalue weighted by molar-refractivity contribution is -0.152. The van der Waals surface area contributed by atoms with Crippen LogP contribution in [0.1, 0.15) is 69.8 Å². The quantitative estimate of drug-likeness (QED) is 0.263. The van der Waals surface area contributed by atoms with Crippen molar-refractivity contribution in [2.75, 3.05) is 19.8 Å². The molecular weight excluding hydrogens is 480 g/mol. The number of ether oxygens (including phenoxy) is 1. The second kappa shape index (κ2) is 14.9. The summed E-state index contributed by atoms with van der Waals surface area (Å²) in [6, 6.07) is 9.74. The van der Waals surface area contributed by atoms with Gasteiger partial charge in [0.2, 0.25) is 11.8 Å². The summed E-state index contributed by atoms with van der Waals surface area (Å²) in [5.41, 5.74) is 0.465. The van der Waals surface area contributed by atoms with Crippen LogP contribution in [0.25, 0.3) is 0 Å². The molecule has 7 nitrogen and oxygen atoms in total. The molecular formula is C31H44N2O5. The molecule has 7 heteroatoms. The smallest absolute Gasteiger partial charge is 0.309 e. The predicted octanol–water partition coefficient (Wildman–Crippen LogP) is 4.35. The Labute approximate surface area is 227 Å². The number of carbonyl (C=O) groups excluding carboxylic acids is 3. The maximum absolute atomic E-state index is 13.4. The number of carbonyl (C=O) groups is 3.